The number of anilines is 1. The van der Waals surface area contributed by atoms with Gasteiger partial charge < -0.3 is 19.9 Å². The molecule has 2 aromatic heterocycles. The van der Waals surface area contributed by atoms with Gasteiger partial charge in [-0.1, -0.05) is 30.3 Å². The van der Waals surface area contributed by atoms with Crippen LogP contribution in [0.25, 0.3) is 22.4 Å². The molecule has 0 spiro atoms. The van der Waals surface area contributed by atoms with Gasteiger partial charge in [-0.25, -0.2) is 4.98 Å². The van der Waals surface area contributed by atoms with Crippen LogP contribution in [0.4, 0.5) is 5.69 Å². The Labute approximate surface area is 196 Å². The van der Waals surface area contributed by atoms with Gasteiger partial charge in [0, 0.05) is 31.3 Å². The first kappa shape index (κ1) is 22.7. The van der Waals surface area contributed by atoms with Gasteiger partial charge in [0.25, 0.3) is 5.91 Å². The molecule has 8 heteroatoms. The fourth-order valence-electron chi connectivity index (χ4n) is 3.86. The molecule has 2 aromatic carbocycles. The summed E-state index contributed by atoms with van der Waals surface area (Å²) in [6.07, 6.45) is 0.747. The Balaban J connectivity index is 1.70. The van der Waals surface area contributed by atoms with Gasteiger partial charge in [-0.3, -0.25) is 9.59 Å². The van der Waals surface area contributed by atoms with Crippen LogP contribution in [-0.4, -0.2) is 41.1 Å². The van der Waals surface area contributed by atoms with E-state index in [1.807, 2.05) is 54.3 Å². The van der Waals surface area contributed by atoms with Gasteiger partial charge in [0.2, 0.25) is 5.91 Å². The van der Waals surface area contributed by atoms with Gasteiger partial charge in [0.15, 0.2) is 0 Å². The molecule has 2 heterocycles. The summed E-state index contributed by atoms with van der Waals surface area (Å²) in [7, 11) is 3.36. The summed E-state index contributed by atoms with van der Waals surface area (Å²) in [5, 5.41) is 10.0. The topological polar surface area (TPSA) is 85.2 Å². The second-order valence-electron chi connectivity index (χ2n) is 7.94. The monoisotopic (exact) mass is 462 g/mol. The van der Waals surface area contributed by atoms with Crippen molar-refractivity contribution in [1.82, 2.24) is 14.9 Å². The highest BCUT2D eigenvalue weighted by Crippen LogP contribution is 2.30. The molecule has 0 aliphatic rings. The van der Waals surface area contributed by atoms with E-state index < -0.39 is 0 Å². The lowest BCUT2D eigenvalue weighted by Crippen LogP contribution is -2.34. The second-order valence-corrected chi connectivity index (χ2v) is 8.72. The van der Waals surface area contributed by atoms with Crippen molar-refractivity contribution in [2.45, 2.75) is 19.4 Å². The van der Waals surface area contributed by atoms with Crippen molar-refractivity contribution in [3.63, 3.8) is 0 Å². The van der Waals surface area contributed by atoms with Crippen LogP contribution in [0.2, 0.25) is 0 Å². The Kier molecular flexibility index (Phi) is 6.86. The zero-order chi connectivity index (χ0) is 23.4. The molecule has 0 bridgehead atoms. The number of nitrogens with one attached hydrogen (secondary N) is 2. The molecule has 4 aromatic rings. The quantitative estimate of drug-likeness (QED) is 0.410. The van der Waals surface area contributed by atoms with E-state index in [1.54, 1.807) is 23.5 Å². The van der Waals surface area contributed by atoms with Crippen molar-refractivity contribution in [3.8, 4) is 11.4 Å². The number of ether oxygens (including phenoxy) is 1. The predicted octanol–water partition coefficient (Wildman–Crippen LogP) is 4.25. The van der Waals surface area contributed by atoms with Crippen LogP contribution in [0.15, 0.2) is 59.3 Å². The normalized spacial score (nSPS) is 12.0. The molecule has 0 radical (unpaired) electrons. The van der Waals surface area contributed by atoms with Crippen LogP contribution in [0.5, 0.6) is 0 Å². The molecule has 1 atom stereocenters. The average molecular weight is 463 g/mol. The third-order valence-corrected chi connectivity index (χ3v) is 6.04. The minimum atomic E-state index is -0.301. The number of rotatable bonds is 8. The van der Waals surface area contributed by atoms with E-state index in [1.165, 1.54) is 12.7 Å². The van der Waals surface area contributed by atoms with E-state index in [0.29, 0.717) is 16.8 Å². The van der Waals surface area contributed by atoms with Crippen LogP contribution >= 0.6 is 11.3 Å². The van der Waals surface area contributed by atoms with E-state index in [0.717, 1.165) is 23.3 Å². The summed E-state index contributed by atoms with van der Waals surface area (Å²) >= 11 is 1.64. The number of benzene rings is 2. The first-order valence-corrected chi connectivity index (χ1v) is 11.6. The Hall–Kier alpha value is -3.49. The Morgan fingerprint density at radius 3 is 2.67 bits per heavy atom. The predicted molar refractivity (Wildman–Crippen MR) is 132 cm³/mol. The SMILES string of the molecule is COCC(=O)Nc1cc(C(=O)N[C@@H](C)Cc2ccsc2)cc2nc(-c3ccccc3)n(C)c12. The summed E-state index contributed by atoms with van der Waals surface area (Å²) in [4.78, 5) is 30.2. The number of thiophene rings is 1. The van der Waals surface area contributed by atoms with Crippen molar-refractivity contribution in [3.05, 3.63) is 70.4 Å². The van der Waals surface area contributed by atoms with Gasteiger partial charge in [-0.05, 0) is 47.9 Å². The van der Waals surface area contributed by atoms with Crippen LogP contribution in [0, 0.1) is 0 Å². The number of imidazole rings is 1. The number of fused-ring (bicyclic) bond motifs is 1. The van der Waals surface area contributed by atoms with Gasteiger partial charge in [0.1, 0.15) is 12.4 Å². The first-order valence-electron chi connectivity index (χ1n) is 10.6. The molecule has 33 heavy (non-hydrogen) atoms. The van der Waals surface area contributed by atoms with Crippen molar-refractivity contribution in [2.24, 2.45) is 7.05 Å². The average Bonchev–Trinajstić information content (AvgIpc) is 3.42. The van der Waals surface area contributed by atoms with Gasteiger partial charge >= 0.3 is 0 Å². The molecular weight excluding hydrogens is 436 g/mol. The molecule has 2 N–H and O–H groups in total. The fourth-order valence-corrected chi connectivity index (χ4v) is 4.54. The Morgan fingerprint density at radius 2 is 1.97 bits per heavy atom. The molecule has 2 amide bonds. The van der Waals surface area contributed by atoms with E-state index in [-0.39, 0.29) is 24.5 Å². The number of nitrogens with zero attached hydrogens (tertiary/aromatic N) is 2. The highest BCUT2D eigenvalue weighted by Gasteiger charge is 2.19. The van der Waals surface area contributed by atoms with E-state index in [9.17, 15) is 9.59 Å². The minimum absolute atomic E-state index is 0.0436. The molecule has 4 rings (SSSR count). The van der Waals surface area contributed by atoms with Crippen molar-refractivity contribution in [2.75, 3.05) is 19.0 Å². The summed E-state index contributed by atoms with van der Waals surface area (Å²) < 4.78 is 6.88. The number of carbonyl (C=O) groups excluding carboxylic acids is 2. The third-order valence-electron chi connectivity index (χ3n) is 5.31. The minimum Gasteiger partial charge on any atom is -0.375 e. The van der Waals surface area contributed by atoms with Crippen molar-refractivity contribution in [1.29, 1.82) is 0 Å². The number of aryl methyl sites for hydroxylation is 1. The lowest BCUT2D eigenvalue weighted by Gasteiger charge is -2.15. The van der Waals surface area contributed by atoms with Gasteiger partial charge in [-0.15, -0.1) is 0 Å². The van der Waals surface area contributed by atoms with Crippen molar-refractivity contribution >= 4 is 39.9 Å². The summed E-state index contributed by atoms with van der Waals surface area (Å²) in [5.74, 6) is 0.231. The maximum Gasteiger partial charge on any atom is 0.251 e. The van der Waals surface area contributed by atoms with E-state index >= 15 is 0 Å². The van der Waals surface area contributed by atoms with Gasteiger partial charge in [0.05, 0.1) is 16.7 Å². The van der Waals surface area contributed by atoms with Crippen LogP contribution in [0.3, 0.4) is 0 Å². The molecular formula is C25H26N4O3S. The van der Waals surface area contributed by atoms with Crippen molar-refractivity contribution < 1.29 is 14.3 Å². The largest absolute Gasteiger partial charge is 0.375 e. The maximum atomic E-state index is 13.1. The molecule has 0 unspecified atom stereocenters. The Bertz CT molecular complexity index is 1270. The molecule has 170 valence electrons. The molecule has 0 aliphatic heterocycles. The smallest absolute Gasteiger partial charge is 0.251 e. The molecule has 0 saturated carbocycles. The summed E-state index contributed by atoms with van der Waals surface area (Å²) in [6, 6.07) is 15.3. The number of hydrogen-bond acceptors (Lipinski definition) is 5. The summed E-state index contributed by atoms with van der Waals surface area (Å²) in [5.41, 5.74) is 4.45. The van der Waals surface area contributed by atoms with Gasteiger partial charge in [-0.2, -0.15) is 11.3 Å². The zero-order valence-electron chi connectivity index (χ0n) is 18.8. The maximum absolute atomic E-state index is 13.1. The van der Waals surface area contributed by atoms with E-state index in [4.69, 9.17) is 9.72 Å². The Morgan fingerprint density at radius 1 is 1.18 bits per heavy atom. The second kappa shape index (κ2) is 9.97. The fraction of sp³-hybridized carbons (Fsp3) is 0.240. The number of aromatic nitrogens is 2. The molecule has 0 fully saturated rings. The molecule has 0 saturated heterocycles. The highest BCUT2D eigenvalue weighted by atomic mass is 32.1. The molecule has 7 nitrogen and oxygen atoms in total. The number of amides is 2. The standard InChI is InChI=1S/C25H26N4O3S/c1-16(11-17-9-10-33-15-17)26-25(31)19-12-20(27-22(30)14-32-3)23-21(13-19)28-24(29(23)2)18-7-5-4-6-8-18/h4-10,12-13,15-16H,11,14H2,1-3H3,(H,26,31)(H,27,30)/t16-/m0/s1. The number of hydrogen-bond donors (Lipinski definition) is 2. The highest BCUT2D eigenvalue weighted by molar-refractivity contribution is 7.07. The van der Waals surface area contributed by atoms with Crippen LogP contribution in [-0.2, 0) is 23.0 Å². The molecule has 0 aliphatic carbocycles. The number of methoxy groups -OCH3 is 1. The van der Waals surface area contributed by atoms with Crippen LogP contribution in [0.1, 0.15) is 22.8 Å². The lowest BCUT2D eigenvalue weighted by atomic mass is 10.1. The zero-order valence-corrected chi connectivity index (χ0v) is 19.6. The van der Waals surface area contributed by atoms with Crippen LogP contribution < -0.4 is 10.6 Å². The summed E-state index contributed by atoms with van der Waals surface area (Å²) in [6.45, 7) is 1.89. The van der Waals surface area contributed by atoms with E-state index in [2.05, 4.69) is 22.1 Å². The third kappa shape index (κ3) is 5.13. The number of carbonyl (C=O) groups is 2. The first-order chi connectivity index (χ1) is 16.0. The lowest BCUT2D eigenvalue weighted by molar-refractivity contribution is -0.119.